The van der Waals surface area contributed by atoms with E-state index in [4.69, 9.17) is 5.73 Å². The second-order valence-electron chi connectivity index (χ2n) is 3.99. The number of aromatic nitrogens is 2. The van der Waals surface area contributed by atoms with Crippen LogP contribution in [0.1, 0.15) is 6.42 Å². The molecule has 1 aromatic carbocycles. The molecular weight excluding hydrogens is 250 g/mol. The van der Waals surface area contributed by atoms with Gasteiger partial charge in [0.25, 0.3) is 0 Å². The molecule has 0 unspecified atom stereocenters. The summed E-state index contributed by atoms with van der Waals surface area (Å²) in [6.45, 7) is 1.29. The number of halogens is 2. The fourth-order valence-corrected chi connectivity index (χ4v) is 1.55. The highest BCUT2D eigenvalue weighted by molar-refractivity contribution is 5.61. The predicted molar refractivity (Wildman–Crippen MR) is 69.5 cm³/mol. The van der Waals surface area contributed by atoms with Gasteiger partial charge in [0.1, 0.15) is 0 Å². The van der Waals surface area contributed by atoms with Crippen LogP contribution in [0.2, 0.25) is 0 Å². The van der Waals surface area contributed by atoms with Crippen LogP contribution in [-0.4, -0.2) is 23.1 Å². The fourth-order valence-electron chi connectivity index (χ4n) is 1.55. The van der Waals surface area contributed by atoms with Gasteiger partial charge >= 0.3 is 0 Å². The van der Waals surface area contributed by atoms with Gasteiger partial charge < -0.3 is 11.1 Å². The Hall–Kier alpha value is -2.08. The molecule has 100 valence electrons. The lowest BCUT2D eigenvalue weighted by atomic mass is 10.1. The number of nitrogens with two attached hydrogens (primary N) is 1. The molecular formula is C13H14F2N4. The van der Waals surface area contributed by atoms with Gasteiger partial charge in [-0.2, -0.15) is 0 Å². The van der Waals surface area contributed by atoms with E-state index >= 15 is 0 Å². The van der Waals surface area contributed by atoms with Crippen LogP contribution < -0.4 is 11.1 Å². The molecule has 0 amide bonds. The molecule has 1 aromatic heterocycles. The van der Waals surface area contributed by atoms with Crippen molar-refractivity contribution in [3.8, 4) is 11.1 Å². The first-order chi connectivity index (χ1) is 9.20. The van der Waals surface area contributed by atoms with Crippen molar-refractivity contribution in [3.05, 3.63) is 42.2 Å². The molecule has 2 aromatic rings. The van der Waals surface area contributed by atoms with Gasteiger partial charge in [-0.1, -0.05) is 6.07 Å². The maximum absolute atomic E-state index is 13.1. The van der Waals surface area contributed by atoms with Crippen molar-refractivity contribution in [1.29, 1.82) is 0 Å². The molecule has 6 heteroatoms. The fraction of sp³-hybridized carbons (Fsp3) is 0.231. The highest BCUT2D eigenvalue weighted by Gasteiger charge is 2.05. The minimum atomic E-state index is -0.886. The van der Waals surface area contributed by atoms with Crippen LogP contribution in [0.3, 0.4) is 0 Å². The van der Waals surface area contributed by atoms with Crippen LogP contribution in [0.15, 0.2) is 30.6 Å². The number of benzene rings is 1. The van der Waals surface area contributed by atoms with Gasteiger partial charge in [0.15, 0.2) is 11.6 Å². The summed E-state index contributed by atoms with van der Waals surface area (Å²) in [5, 5.41) is 3.01. The number of nitrogens with zero attached hydrogens (tertiary/aromatic N) is 2. The molecule has 4 nitrogen and oxygen atoms in total. The second kappa shape index (κ2) is 6.19. The monoisotopic (exact) mass is 264 g/mol. The molecule has 0 fully saturated rings. The molecule has 0 atom stereocenters. The van der Waals surface area contributed by atoms with E-state index in [1.54, 1.807) is 12.4 Å². The zero-order chi connectivity index (χ0) is 13.7. The average molecular weight is 264 g/mol. The van der Waals surface area contributed by atoms with Crippen LogP contribution in [0, 0.1) is 11.6 Å². The van der Waals surface area contributed by atoms with Crippen LogP contribution >= 0.6 is 0 Å². The zero-order valence-electron chi connectivity index (χ0n) is 10.2. The second-order valence-corrected chi connectivity index (χ2v) is 3.99. The topological polar surface area (TPSA) is 63.8 Å². The van der Waals surface area contributed by atoms with Gasteiger partial charge in [-0.05, 0) is 30.7 Å². The summed E-state index contributed by atoms with van der Waals surface area (Å²) in [7, 11) is 0. The van der Waals surface area contributed by atoms with E-state index in [-0.39, 0.29) is 0 Å². The molecule has 0 aliphatic carbocycles. The van der Waals surface area contributed by atoms with Crippen molar-refractivity contribution in [1.82, 2.24) is 9.97 Å². The first-order valence-electron chi connectivity index (χ1n) is 5.92. The van der Waals surface area contributed by atoms with E-state index in [9.17, 15) is 8.78 Å². The standard InChI is InChI=1S/C13H14F2N4/c14-11-3-2-9(6-12(11)15)10-7-18-13(19-8-10)17-5-1-4-16/h2-3,6-8H,1,4-5,16H2,(H,17,18,19). The highest BCUT2D eigenvalue weighted by atomic mass is 19.2. The molecule has 0 aliphatic rings. The van der Waals surface area contributed by atoms with Crippen LogP contribution in [0.5, 0.6) is 0 Å². The van der Waals surface area contributed by atoms with Crippen molar-refractivity contribution < 1.29 is 8.78 Å². The third-order valence-corrected chi connectivity index (χ3v) is 2.57. The van der Waals surface area contributed by atoms with Crippen molar-refractivity contribution in [3.63, 3.8) is 0 Å². The van der Waals surface area contributed by atoms with E-state index in [1.165, 1.54) is 6.07 Å². The lowest BCUT2D eigenvalue weighted by Gasteiger charge is -2.05. The highest BCUT2D eigenvalue weighted by Crippen LogP contribution is 2.20. The normalized spacial score (nSPS) is 10.5. The average Bonchev–Trinajstić information content (AvgIpc) is 2.43. The maximum atomic E-state index is 13.1. The largest absolute Gasteiger partial charge is 0.354 e. The Morgan fingerprint density at radius 3 is 2.42 bits per heavy atom. The van der Waals surface area contributed by atoms with Crippen molar-refractivity contribution in [2.24, 2.45) is 5.73 Å². The minimum Gasteiger partial charge on any atom is -0.354 e. The first kappa shape index (κ1) is 13.4. The van der Waals surface area contributed by atoms with Crippen molar-refractivity contribution in [2.45, 2.75) is 6.42 Å². The molecule has 3 N–H and O–H groups in total. The quantitative estimate of drug-likeness (QED) is 0.812. The summed E-state index contributed by atoms with van der Waals surface area (Å²) in [6.07, 6.45) is 3.95. The van der Waals surface area contributed by atoms with E-state index in [2.05, 4.69) is 15.3 Å². The number of anilines is 1. The number of nitrogens with one attached hydrogen (secondary N) is 1. The first-order valence-corrected chi connectivity index (χ1v) is 5.92. The van der Waals surface area contributed by atoms with Crippen molar-refractivity contribution in [2.75, 3.05) is 18.4 Å². The molecule has 0 radical (unpaired) electrons. The Bertz CT molecular complexity index is 543. The van der Waals surface area contributed by atoms with Crippen LogP contribution in [0.4, 0.5) is 14.7 Å². The SMILES string of the molecule is NCCCNc1ncc(-c2ccc(F)c(F)c2)cn1. The van der Waals surface area contributed by atoms with Gasteiger partial charge in [-0.25, -0.2) is 18.7 Å². The van der Waals surface area contributed by atoms with Crippen LogP contribution in [0.25, 0.3) is 11.1 Å². The lowest BCUT2D eigenvalue weighted by molar-refractivity contribution is 0.509. The summed E-state index contributed by atoms with van der Waals surface area (Å²) in [5.74, 6) is -1.27. The summed E-state index contributed by atoms with van der Waals surface area (Å²) in [5.41, 5.74) is 6.53. The Balaban J connectivity index is 2.11. The summed E-state index contributed by atoms with van der Waals surface area (Å²) in [4.78, 5) is 8.20. The van der Waals surface area contributed by atoms with Crippen LogP contribution in [-0.2, 0) is 0 Å². The summed E-state index contributed by atoms with van der Waals surface area (Å²) < 4.78 is 25.9. The predicted octanol–water partition coefficient (Wildman–Crippen LogP) is 2.18. The smallest absolute Gasteiger partial charge is 0.222 e. The minimum absolute atomic E-state index is 0.486. The van der Waals surface area contributed by atoms with Gasteiger partial charge in [0, 0.05) is 24.5 Å². The Morgan fingerprint density at radius 1 is 1.05 bits per heavy atom. The molecule has 0 bridgehead atoms. The van der Waals surface area contributed by atoms with Gasteiger partial charge in [-0.15, -0.1) is 0 Å². The van der Waals surface area contributed by atoms with E-state index in [0.29, 0.717) is 30.2 Å². The van der Waals surface area contributed by atoms with E-state index < -0.39 is 11.6 Å². The molecule has 0 saturated carbocycles. The maximum Gasteiger partial charge on any atom is 0.222 e. The third kappa shape index (κ3) is 3.45. The number of hydrogen-bond donors (Lipinski definition) is 2. The third-order valence-electron chi connectivity index (χ3n) is 2.57. The van der Waals surface area contributed by atoms with E-state index in [1.807, 2.05) is 0 Å². The molecule has 19 heavy (non-hydrogen) atoms. The molecule has 0 saturated heterocycles. The number of rotatable bonds is 5. The summed E-state index contributed by atoms with van der Waals surface area (Å²) >= 11 is 0. The van der Waals surface area contributed by atoms with Gasteiger partial charge in [0.2, 0.25) is 5.95 Å². The molecule has 2 rings (SSSR count). The van der Waals surface area contributed by atoms with Crippen molar-refractivity contribution >= 4 is 5.95 Å². The summed E-state index contributed by atoms with van der Waals surface area (Å²) in [6, 6.07) is 3.69. The number of hydrogen-bond acceptors (Lipinski definition) is 4. The Kier molecular flexibility index (Phi) is 4.35. The molecule has 1 heterocycles. The molecule has 0 aliphatic heterocycles. The van der Waals surface area contributed by atoms with Gasteiger partial charge in [0.05, 0.1) is 0 Å². The van der Waals surface area contributed by atoms with Gasteiger partial charge in [-0.3, -0.25) is 0 Å². The van der Waals surface area contributed by atoms with E-state index in [0.717, 1.165) is 18.6 Å². The Labute approximate surface area is 109 Å². The Morgan fingerprint density at radius 2 is 1.79 bits per heavy atom. The molecule has 0 spiro atoms. The zero-order valence-corrected chi connectivity index (χ0v) is 10.2. The lowest BCUT2D eigenvalue weighted by Crippen LogP contribution is -2.10.